The molecule has 1 amide bonds. The van der Waals surface area contributed by atoms with Gasteiger partial charge in [0.05, 0.1) is 13.2 Å². The molecule has 0 spiro atoms. The van der Waals surface area contributed by atoms with E-state index < -0.39 is 0 Å². The summed E-state index contributed by atoms with van der Waals surface area (Å²) in [6.07, 6.45) is 0. The molecule has 0 bridgehead atoms. The lowest BCUT2D eigenvalue weighted by molar-refractivity contribution is -0.114. The molecule has 4 nitrogen and oxygen atoms in total. The largest absolute Gasteiger partial charge is 0.378 e. The van der Waals surface area contributed by atoms with E-state index in [-0.39, 0.29) is 5.91 Å². The molecule has 2 N–H and O–H groups in total. The summed E-state index contributed by atoms with van der Waals surface area (Å²) in [5.74, 6) is -0.344. The van der Waals surface area contributed by atoms with E-state index >= 15 is 0 Å². The van der Waals surface area contributed by atoms with Crippen molar-refractivity contribution in [3.05, 3.63) is 11.3 Å². The summed E-state index contributed by atoms with van der Waals surface area (Å²) < 4.78 is 5.21. The molecule has 1 fully saturated rings. The van der Waals surface area contributed by atoms with E-state index in [1.807, 2.05) is 6.92 Å². The van der Waals surface area contributed by atoms with Crippen LogP contribution in [0.15, 0.2) is 11.3 Å². The Morgan fingerprint density at radius 2 is 1.85 bits per heavy atom. The van der Waals surface area contributed by atoms with Gasteiger partial charge >= 0.3 is 0 Å². The first-order valence-electron chi connectivity index (χ1n) is 4.43. The first kappa shape index (κ1) is 10.1. The normalized spacial score (nSPS) is 19.7. The highest BCUT2D eigenvalue weighted by Crippen LogP contribution is 2.11. The quantitative estimate of drug-likeness (QED) is 0.619. The van der Waals surface area contributed by atoms with Gasteiger partial charge in [0, 0.05) is 24.4 Å². The van der Waals surface area contributed by atoms with E-state index in [4.69, 9.17) is 10.5 Å². The number of morpholine rings is 1. The Balaban J connectivity index is 2.68. The Morgan fingerprint density at radius 3 is 2.31 bits per heavy atom. The number of carbonyl (C=O) groups excluding carboxylic acids is 1. The zero-order chi connectivity index (χ0) is 9.84. The molecule has 74 valence electrons. The van der Waals surface area contributed by atoms with Crippen molar-refractivity contribution in [2.45, 2.75) is 13.8 Å². The van der Waals surface area contributed by atoms with Crippen LogP contribution in [0.2, 0.25) is 0 Å². The van der Waals surface area contributed by atoms with Crippen molar-refractivity contribution >= 4 is 5.91 Å². The number of carbonyl (C=O) groups is 1. The lowest BCUT2D eigenvalue weighted by Crippen LogP contribution is -2.36. The predicted octanol–water partition coefficient (Wildman–Crippen LogP) is 0.0978. The van der Waals surface area contributed by atoms with E-state index in [1.165, 1.54) is 0 Å². The summed E-state index contributed by atoms with van der Waals surface area (Å²) in [7, 11) is 0. The summed E-state index contributed by atoms with van der Waals surface area (Å²) in [6, 6.07) is 0. The smallest absolute Gasteiger partial charge is 0.246 e. The SMILES string of the molecule is C/C(C(N)=O)=C(/C)N1CCOCC1. The minimum atomic E-state index is -0.344. The third-order valence-corrected chi connectivity index (χ3v) is 2.40. The van der Waals surface area contributed by atoms with Gasteiger partial charge in [0.15, 0.2) is 0 Å². The van der Waals surface area contributed by atoms with Crippen LogP contribution in [0.4, 0.5) is 0 Å². The van der Waals surface area contributed by atoms with Crippen LogP contribution in [0, 0.1) is 0 Å². The lowest BCUT2D eigenvalue weighted by atomic mass is 10.2. The van der Waals surface area contributed by atoms with Gasteiger partial charge in [0.1, 0.15) is 0 Å². The van der Waals surface area contributed by atoms with Crippen molar-refractivity contribution in [3.63, 3.8) is 0 Å². The van der Waals surface area contributed by atoms with Crippen LogP contribution < -0.4 is 5.73 Å². The highest BCUT2D eigenvalue weighted by Gasteiger charge is 2.13. The van der Waals surface area contributed by atoms with Crippen LogP contribution in [0.3, 0.4) is 0 Å². The van der Waals surface area contributed by atoms with E-state index in [1.54, 1.807) is 6.92 Å². The van der Waals surface area contributed by atoms with Gasteiger partial charge in [-0.1, -0.05) is 0 Å². The number of hydrogen-bond acceptors (Lipinski definition) is 3. The molecule has 0 atom stereocenters. The highest BCUT2D eigenvalue weighted by atomic mass is 16.5. The van der Waals surface area contributed by atoms with Gasteiger partial charge in [-0.25, -0.2) is 0 Å². The molecule has 0 radical (unpaired) electrons. The number of nitrogens with zero attached hydrogens (tertiary/aromatic N) is 1. The Labute approximate surface area is 78.3 Å². The van der Waals surface area contributed by atoms with Gasteiger partial charge in [-0.15, -0.1) is 0 Å². The second kappa shape index (κ2) is 4.28. The highest BCUT2D eigenvalue weighted by molar-refractivity contribution is 5.91. The fourth-order valence-corrected chi connectivity index (χ4v) is 1.31. The maximum Gasteiger partial charge on any atom is 0.246 e. The summed E-state index contributed by atoms with van der Waals surface area (Å²) in [5, 5.41) is 0. The van der Waals surface area contributed by atoms with Crippen molar-refractivity contribution in [2.75, 3.05) is 26.3 Å². The van der Waals surface area contributed by atoms with E-state index in [2.05, 4.69) is 4.90 Å². The van der Waals surface area contributed by atoms with Crippen molar-refractivity contribution in [3.8, 4) is 0 Å². The van der Waals surface area contributed by atoms with Crippen LogP contribution >= 0.6 is 0 Å². The van der Waals surface area contributed by atoms with Gasteiger partial charge in [-0.2, -0.15) is 0 Å². The van der Waals surface area contributed by atoms with Gasteiger partial charge in [-0.3, -0.25) is 4.79 Å². The molecular formula is C9H16N2O2. The number of ether oxygens (including phenoxy) is 1. The molecule has 1 rings (SSSR count). The molecule has 1 heterocycles. The van der Waals surface area contributed by atoms with Crippen molar-refractivity contribution in [2.24, 2.45) is 5.73 Å². The third kappa shape index (κ3) is 2.45. The second-order valence-corrected chi connectivity index (χ2v) is 3.17. The van der Waals surface area contributed by atoms with Crippen LogP contribution in [-0.2, 0) is 9.53 Å². The number of amides is 1. The second-order valence-electron chi connectivity index (χ2n) is 3.17. The van der Waals surface area contributed by atoms with Gasteiger partial charge in [0.25, 0.3) is 0 Å². The zero-order valence-corrected chi connectivity index (χ0v) is 8.17. The molecule has 0 aromatic rings. The summed E-state index contributed by atoms with van der Waals surface area (Å²) in [6.45, 7) is 6.82. The molecule has 0 aromatic heterocycles. The first-order valence-corrected chi connectivity index (χ1v) is 4.43. The minimum absolute atomic E-state index is 0.344. The van der Waals surface area contributed by atoms with Gasteiger partial charge < -0.3 is 15.4 Å². The van der Waals surface area contributed by atoms with Gasteiger partial charge in [0.2, 0.25) is 5.91 Å². The maximum atomic E-state index is 10.9. The number of rotatable bonds is 2. The topological polar surface area (TPSA) is 55.6 Å². The van der Waals surface area contributed by atoms with Crippen LogP contribution in [0.25, 0.3) is 0 Å². The van der Waals surface area contributed by atoms with Crippen LogP contribution in [0.1, 0.15) is 13.8 Å². The molecule has 4 heteroatoms. The predicted molar refractivity (Wildman–Crippen MR) is 50.0 cm³/mol. The Bertz CT molecular complexity index is 230. The minimum Gasteiger partial charge on any atom is -0.378 e. The van der Waals surface area contributed by atoms with Crippen molar-refractivity contribution in [1.82, 2.24) is 4.90 Å². The average molecular weight is 184 g/mol. The monoisotopic (exact) mass is 184 g/mol. The molecule has 13 heavy (non-hydrogen) atoms. The van der Waals surface area contributed by atoms with E-state index in [0.717, 1.165) is 32.0 Å². The molecule has 0 aliphatic carbocycles. The van der Waals surface area contributed by atoms with Crippen molar-refractivity contribution in [1.29, 1.82) is 0 Å². The number of nitrogens with two attached hydrogens (primary N) is 1. The zero-order valence-electron chi connectivity index (χ0n) is 8.17. The molecule has 1 aliphatic rings. The number of hydrogen-bond donors (Lipinski definition) is 1. The number of primary amides is 1. The fourth-order valence-electron chi connectivity index (χ4n) is 1.31. The van der Waals surface area contributed by atoms with Crippen LogP contribution in [0.5, 0.6) is 0 Å². The molecular weight excluding hydrogens is 168 g/mol. The fraction of sp³-hybridized carbons (Fsp3) is 0.667. The summed E-state index contributed by atoms with van der Waals surface area (Å²) >= 11 is 0. The number of allylic oxidation sites excluding steroid dienone is 1. The molecule has 0 aromatic carbocycles. The average Bonchev–Trinajstić information content (AvgIpc) is 2.17. The third-order valence-electron chi connectivity index (χ3n) is 2.40. The summed E-state index contributed by atoms with van der Waals surface area (Å²) in [5.41, 5.74) is 6.80. The molecule has 0 unspecified atom stereocenters. The first-order chi connectivity index (χ1) is 6.13. The lowest BCUT2D eigenvalue weighted by Gasteiger charge is -2.30. The Hall–Kier alpha value is -1.03. The molecule has 0 saturated carbocycles. The maximum absolute atomic E-state index is 10.9. The Morgan fingerprint density at radius 1 is 1.31 bits per heavy atom. The van der Waals surface area contributed by atoms with Gasteiger partial charge in [-0.05, 0) is 13.8 Å². The molecule has 1 saturated heterocycles. The van der Waals surface area contributed by atoms with E-state index in [0.29, 0.717) is 5.57 Å². The Kier molecular flexibility index (Phi) is 3.31. The van der Waals surface area contributed by atoms with Crippen molar-refractivity contribution < 1.29 is 9.53 Å². The standard InChI is InChI=1S/C9H16N2O2/c1-7(9(10)12)8(2)11-3-5-13-6-4-11/h3-6H2,1-2H3,(H2,10,12)/b8-7+. The van der Waals surface area contributed by atoms with E-state index in [9.17, 15) is 4.79 Å². The molecule has 1 aliphatic heterocycles. The van der Waals surface area contributed by atoms with Crippen LogP contribution in [-0.4, -0.2) is 37.1 Å². The summed E-state index contributed by atoms with van der Waals surface area (Å²) in [4.78, 5) is 13.0.